The van der Waals surface area contributed by atoms with Crippen LogP contribution in [0.2, 0.25) is 5.02 Å². The second-order valence-electron chi connectivity index (χ2n) is 4.23. The molecule has 1 aromatic carbocycles. The number of aryl methyl sites for hydroxylation is 2. The summed E-state index contributed by atoms with van der Waals surface area (Å²) in [4.78, 5) is 3.76. The number of aromatic nitrogens is 1. The molecule has 0 unspecified atom stereocenters. The highest BCUT2D eigenvalue weighted by molar-refractivity contribution is 7.92. The number of benzene rings is 1. The van der Waals surface area contributed by atoms with Gasteiger partial charge in [0.25, 0.3) is 10.0 Å². The predicted octanol–water partition coefficient (Wildman–Crippen LogP) is 3.15. The molecule has 0 saturated heterocycles. The molecule has 0 amide bonds. The van der Waals surface area contributed by atoms with Crippen molar-refractivity contribution >= 4 is 27.3 Å². The van der Waals surface area contributed by atoms with E-state index in [9.17, 15) is 8.42 Å². The number of pyridine rings is 1. The van der Waals surface area contributed by atoms with Gasteiger partial charge in [-0.1, -0.05) is 29.3 Å². The summed E-state index contributed by atoms with van der Waals surface area (Å²) in [5.41, 5.74) is 2.45. The van der Waals surface area contributed by atoms with Gasteiger partial charge >= 0.3 is 0 Å². The van der Waals surface area contributed by atoms with Gasteiger partial charge in [-0.25, -0.2) is 8.42 Å². The molecule has 2 rings (SSSR count). The fourth-order valence-electron chi connectivity index (χ4n) is 1.69. The Labute approximate surface area is 117 Å². The summed E-state index contributed by atoms with van der Waals surface area (Å²) < 4.78 is 27.0. The Hall–Kier alpha value is -1.59. The van der Waals surface area contributed by atoms with Crippen LogP contribution in [0.1, 0.15) is 11.1 Å². The monoisotopic (exact) mass is 296 g/mol. The van der Waals surface area contributed by atoms with Crippen molar-refractivity contribution in [1.29, 1.82) is 0 Å². The summed E-state index contributed by atoms with van der Waals surface area (Å²) in [5, 5.41) is 0.146. The van der Waals surface area contributed by atoms with Gasteiger partial charge in [0.1, 0.15) is 4.90 Å². The fourth-order valence-corrected chi connectivity index (χ4v) is 3.25. The molecule has 0 spiro atoms. The lowest BCUT2D eigenvalue weighted by Gasteiger charge is -2.11. The number of hydrogen-bond donors (Lipinski definition) is 1. The third kappa shape index (κ3) is 3.05. The van der Waals surface area contributed by atoms with Crippen LogP contribution in [0.15, 0.2) is 41.6 Å². The molecule has 0 radical (unpaired) electrons. The number of halogens is 1. The van der Waals surface area contributed by atoms with Crippen LogP contribution in [0.4, 0.5) is 5.69 Å². The summed E-state index contributed by atoms with van der Waals surface area (Å²) in [6, 6.07) is 6.92. The van der Waals surface area contributed by atoms with Gasteiger partial charge in [0, 0.05) is 12.4 Å². The smallest absolute Gasteiger partial charge is 0.264 e. The van der Waals surface area contributed by atoms with Crippen LogP contribution in [0.3, 0.4) is 0 Å². The highest BCUT2D eigenvalue weighted by Gasteiger charge is 2.18. The average Bonchev–Trinajstić information content (AvgIpc) is 2.33. The molecule has 4 nitrogen and oxygen atoms in total. The molecular formula is C13H13ClN2O2S. The number of rotatable bonds is 3. The van der Waals surface area contributed by atoms with Crippen LogP contribution in [0, 0.1) is 13.8 Å². The number of anilines is 1. The van der Waals surface area contributed by atoms with E-state index in [2.05, 4.69) is 9.71 Å². The van der Waals surface area contributed by atoms with Crippen molar-refractivity contribution in [2.45, 2.75) is 18.7 Å². The normalized spacial score (nSPS) is 11.3. The Morgan fingerprint density at radius 2 is 1.95 bits per heavy atom. The molecular weight excluding hydrogens is 284 g/mol. The van der Waals surface area contributed by atoms with Gasteiger partial charge in [-0.2, -0.15) is 0 Å². The molecule has 0 aliphatic heterocycles. The maximum absolute atomic E-state index is 12.2. The van der Waals surface area contributed by atoms with Gasteiger partial charge in [0.2, 0.25) is 0 Å². The average molecular weight is 297 g/mol. The minimum Gasteiger partial charge on any atom is -0.279 e. The minimum absolute atomic E-state index is 0.0309. The zero-order chi connectivity index (χ0) is 14.0. The van der Waals surface area contributed by atoms with Crippen molar-refractivity contribution in [3.8, 4) is 0 Å². The van der Waals surface area contributed by atoms with E-state index in [1.54, 1.807) is 6.07 Å². The van der Waals surface area contributed by atoms with E-state index >= 15 is 0 Å². The van der Waals surface area contributed by atoms with Crippen molar-refractivity contribution in [3.05, 3.63) is 52.8 Å². The molecule has 2 aromatic rings. The van der Waals surface area contributed by atoms with Crippen molar-refractivity contribution < 1.29 is 8.42 Å². The van der Waals surface area contributed by atoms with E-state index in [1.165, 1.54) is 18.5 Å². The Morgan fingerprint density at radius 1 is 1.21 bits per heavy atom. The second kappa shape index (κ2) is 5.19. The van der Waals surface area contributed by atoms with Gasteiger partial charge in [0.15, 0.2) is 0 Å². The standard InChI is InChI=1S/C13H13ClN2O2S/c1-9-3-4-12(10(2)7-9)16-19(17,18)13-8-15-6-5-11(13)14/h3-8,16H,1-2H3. The first kappa shape index (κ1) is 13.8. The molecule has 19 heavy (non-hydrogen) atoms. The Morgan fingerprint density at radius 3 is 2.58 bits per heavy atom. The van der Waals surface area contributed by atoms with E-state index in [1.807, 2.05) is 26.0 Å². The lowest BCUT2D eigenvalue weighted by Crippen LogP contribution is -2.14. The van der Waals surface area contributed by atoms with Crippen LogP contribution in [-0.4, -0.2) is 13.4 Å². The van der Waals surface area contributed by atoms with Crippen molar-refractivity contribution in [2.75, 3.05) is 4.72 Å². The van der Waals surface area contributed by atoms with E-state index in [-0.39, 0.29) is 9.92 Å². The third-order valence-electron chi connectivity index (χ3n) is 2.65. The summed E-state index contributed by atoms with van der Waals surface area (Å²) >= 11 is 5.88. The zero-order valence-electron chi connectivity index (χ0n) is 10.5. The molecule has 1 aromatic heterocycles. The summed E-state index contributed by atoms with van der Waals surface area (Å²) in [5.74, 6) is 0. The van der Waals surface area contributed by atoms with Crippen LogP contribution >= 0.6 is 11.6 Å². The van der Waals surface area contributed by atoms with E-state index in [0.29, 0.717) is 5.69 Å². The molecule has 6 heteroatoms. The number of nitrogens with one attached hydrogen (secondary N) is 1. The second-order valence-corrected chi connectivity index (χ2v) is 6.29. The van der Waals surface area contributed by atoms with E-state index < -0.39 is 10.0 Å². The first-order valence-corrected chi connectivity index (χ1v) is 7.46. The van der Waals surface area contributed by atoms with E-state index in [4.69, 9.17) is 11.6 Å². The summed E-state index contributed by atoms with van der Waals surface area (Å²) in [7, 11) is -3.72. The first-order valence-electron chi connectivity index (χ1n) is 5.60. The molecule has 0 fully saturated rings. The van der Waals surface area contributed by atoms with Crippen LogP contribution < -0.4 is 4.72 Å². The van der Waals surface area contributed by atoms with Crippen LogP contribution in [0.25, 0.3) is 0 Å². The van der Waals surface area contributed by atoms with Gasteiger partial charge < -0.3 is 0 Å². The molecule has 0 saturated carbocycles. The lowest BCUT2D eigenvalue weighted by atomic mass is 10.1. The maximum atomic E-state index is 12.2. The van der Waals surface area contributed by atoms with Crippen LogP contribution in [0.5, 0.6) is 0 Å². The molecule has 0 aliphatic carbocycles. The molecule has 0 bridgehead atoms. The van der Waals surface area contributed by atoms with E-state index in [0.717, 1.165) is 11.1 Å². The SMILES string of the molecule is Cc1ccc(NS(=O)(=O)c2cnccc2Cl)c(C)c1. The molecule has 1 heterocycles. The fraction of sp³-hybridized carbons (Fsp3) is 0.154. The number of sulfonamides is 1. The predicted molar refractivity (Wildman–Crippen MR) is 76.0 cm³/mol. The quantitative estimate of drug-likeness (QED) is 0.946. The van der Waals surface area contributed by atoms with Gasteiger partial charge in [-0.05, 0) is 31.5 Å². The zero-order valence-corrected chi connectivity index (χ0v) is 12.1. The minimum atomic E-state index is -3.72. The van der Waals surface area contributed by atoms with Crippen LogP contribution in [-0.2, 0) is 10.0 Å². The number of hydrogen-bond acceptors (Lipinski definition) is 3. The highest BCUT2D eigenvalue weighted by Crippen LogP contribution is 2.24. The Kier molecular flexibility index (Phi) is 3.78. The Bertz CT molecular complexity index is 714. The first-order chi connectivity index (χ1) is 8.90. The molecule has 0 atom stereocenters. The number of nitrogens with zero attached hydrogens (tertiary/aromatic N) is 1. The largest absolute Gasteiger partial charge is 0.279 e. The molecule has 100 valence electrons. The topological polar surface area (TPSA) is 59.1 Å². The van der Waals surface area contributed by atoms with Gasteiger partial charge in [-0.3, -0.25) is 9.71 Å². The summed E-state index contributed by atoms with van der Waals surface area (Å²) in [6.07, 6.45) is 2.67. The molecule has 1 N–H and O–H groups in total. The van der Waals surface area contributed by atoms with Gasteiger partial charge in [-0.15, -0.1) is 0 Å². The third-order valence-corrected chi connectivity index (χ3v) is 4.48. The lowest BCUT2D eigenvalue weighted by molar-refractivity contribution is 0.601. The van der Waals surface area contributed by atoms with Crippen molar-refractivity contribution in [3.63, 3.8) is 0 Å². The maximum Gasteiger partial charge on any atom is 0.264 e. The summed E-state index contributed by atoms with van der Waals surface area (Å²) in [6.45, 7) is 3.79. The van der Waals surface area contributed by atoms with Crippen molar-refractivity contribution in [2.24, 2.45) is 0 Å². The van der Waals surface area contributed by atoms with Gasteiger partial charge in [0.05, 0.1) is 10.7 Å². The van der Waals surface area contributed by atoms with Crippen molar-refractivity contribution in [1.82, 2.24) is 4.98 Å². The molecule has 0 aliphatic rings. The highest BCUT2D eigenvalue weighted by atomic mass is 35.5. The Balaban J connectivity index is 2.40.